The van der Waals surface area contributed by atoms with Gasteiger partial charge in [0.2, 0.25) is 11.8 Å². The second kappa shape index (κ2) is 4.44. The molecule has 1 heterocycles. The lowest BCUT2D eigenvalue weighted by Crippen LogP contribution is -2.16. The molecule has 1 aromatic heterocycles. The van der Waals surface area contributed by atoms with Crippen molar-refractivity contribution in [3.05, 3.63) is 36.2 Å². The predicted octanol–water partition coefficient (Wildman–Crippen LogP) is 0.605. The fourth-order valence-electron chi connectivity index (χ4n) is 1.19. The minimum Gasteiger partial charge on any atom is -0.479 e. The molecule has 0 saturated heterocycles. The van der Waals surface area contributed by atoms with E-state index in [1.54, 1.807) is 0 Å². The summed E-state index contributed by atoms with van der Waals surface area (Å²) in [5.41, 5.74) is 5.99. The second-order valence-electron chi connectivity index (χ2n) is 3.19. The lowest BCUT2D eigenvalue weighted by Gasteiger charge is -2.05. The van der Waals surface area contributed by atoms with Crippen LogP contribution in [-0.4, -0.2) is 25.9 Å². The van der Waals surface area contributed by atoms with Crippen LogP contribution in [0.5, 0.6) is 6.01 Å². The summed E-state index contributed by atoms with van der Waals surface area (Å²) >= 11 is 0. The first kappa shape index (κ1) is 10.8. The number of benzene rings is 1. The lowest BCUT2D eigenvalue weighted by atomic mass is 10.3. The van der Waals surface area contributed by atoms with Crippen molar-refractivity contribution < 1.29 is 5.11 Å². The number of para-hydroxylation sites is 1. The number of hydrogen-bond acceptors (Lipinski definition) is 6. The lowest BCUT2D eigenvalue weighted by molar-refractivity contribution is 0.428. The van der Waals surface area contributed by atoms with Crippen LogP contribution in [0.25, 0.3) is 0 Å². The predicted molar refractivity (Wildman–Crippen MR) is 62.2 cm³/mol. The fraction of sp³-hybridized carbons (Fsp3) is 0. The van der Waals surface area contributed by atoms with Crippen molar-refractivity contribution >= 4 is 17.5 Å². The zero-order valence-corrected chi connectivity index (χ0v) is 8.75. The standard InChI is InChI=1S/C10H10N6O/c11-7(12)8-14-9(16-10(17)15-8)13-6-4-2-1-3-5-6/h1-5H,(H3,11,12)(H2,13,14,15,16,17). The molecular formula is C10H10N6O. The molecule has 0 aliphatic heterocycles. The van der Waals surface area contributed by atoms with E-state index in [-0.39, 0.29) is 17.6 Å². The van der Waals surface area contributed by atoms with Gasteiger partial charge in [-0.15, -0.1) is 0 Å². The first-order valence-corrected chi connectivity index (χ1v) is 4.76. The summed E-state index contributed by atoms with van der Waals surface area (Å²) in [7, 11) is 0. The van der Waals surface area contributed by atoms with Crippen LogP contribution in [0, 0.1) is 5.41 Å². The molecule has 0 atom stereocenters. The summed E-state index contributed by atoms with van der Waals surface area (Å²) in [6.45, 7) is 0. The first-order valence-electron chi connectivity index (χ1n) is 4.76. The molecule has 2 aromatic rings. The van der Waals surface area contributed by atoms with Crippen LogP contribution >= 0.6 is 0 Å². The number of aromatic nitrogens is 3. The van der Waals surface area contributed by atoms with Gasteiger partial charge >= 0.3 is 6.01 Å². The summed E-state index contributed by atoms with van der Waals surface area (Å²) in [4.78, 5) is 11.1. The largest absolute Gasteiger partial charge is 0.479 e. The topological polar surface area (TPSA) is 121 Å². The highest BCUT2D eigenvalue weighted by atomic mass is 16.3. The molecule has 0 bridgehead atoms. The van der Waals surface area contributed by atoms with Gasteiger partial charge in [-0.05, 0) is 12.1 Å². The van der Waals surface area contributed by atoms with Crippen LogP contribution in [0.2, 0.25) is 0 Å². The highest BCUT2D eigenvalue weighted by Gasteiger charge is 2.07. The molecule has 0 saturated carbocycles. The zero-order chi connectivity index (χ0) is 12.3. The van der Waals surface area contributed by atoms with Gasteiger partial charge in [-0.1, -0.05) is 18.2 Å². The average molecular weight is 230 g/mol. The molecule has 0 aliphatic carbocycles. The Morgan fingerprint density at radius 1 is 1.18 bits per heavy atom. The van der Waals surface area contributed by atoms with E-state index in [2.05, 4.69) is 20.3 Å². The van der Waals surface area contributed by atoms with E-state index in [1.165, 1.54) is 0 Å². The summed E-state index contributed by atoms with van der Waals surface area (Å²) in [6.07, 6.45) is 0. The maximum Gasteiger partial charge on any atom is 0.319 e. The van der Waals surface area contributed by atoms with Crippen molar-refractivity contribution in [2.24, 2.45) is 5.73 Å². The Morgan fingerprint density at radius 3 is 2.53 bits per heavy atom. The van der Waals surface area contributed by atoms with E-state index >= 15 is 0 Å². The maximum absolute atomic E-state index is 9.27. The van der Waals surface area contributed by atoms with Crippen molar-refractivity contribution in [1.29, 1.82) is 5.41 Å². The smallest absolute Gasteiger partial charge is 0.319 e. The third-order valence-corrected chi connectivity index (χ3v) is 1.89. The number of nitrogens with zero attached hydrogens (tertiary/aromatic N) is 3. The van der Waals surface area contributed by atoms with Crippen molar-refractivity contribution in [3.8, 4) is 6.01 Å². The molecule has 17 heavy (non-hydrogen) atoms. The molecule has 1 aromatic carbocycles. The number of nitrogen functional groups attached to an aromatic ring is 1. The van der Waals surface area contributed by atoms with Gasteiger partial charge in [-0.25, -0.2) is 0 Å². The minimum absolute atomic E-state index is 0.0732. The molecule has 7 nitrogen and oxygen atoms in total. The Morgan fingerprint density at radius 2 is 1.88 bits per heavy atom. The van der Waals surface area contributed by atoms with Gasteiger partial charge in [-0.2, -0.15) is 15.0 Å². The van der Waals surface area contributed by atoms with Gasteiger partial charge in [0.15, 0.2) is 5.84 Å². The third-order valence-electron chi connectivity index (χ3n) is 1.89. The quantitative estimate of drug-likeness (QED) is 0.452. The Kier molecular flexibility index (Phi) is 2.82. The Labute approximate surface area is 96.9 Å². The Hall–Kier alpha value is -2.70. The number of rotatable bonds is 3. The number of amidine groups is 1. The van der Waals surface area contributed by atoms with Gasteiger partial charge in [0.05, 0.1) is 0 Å². The van der Waals surface area contributed by atoms with E-state index in [9.17, 15) is 5.11 Å². The van der Waals surface area contributed by atoms with Crippen molar-refractivity contribution in [1.82, 2.24) is 15.0 Å². The normalized spacial score (nSPS) is 9.88. The van der Waals surface area contributed by atoms with E-state index < -0.39 is 6.01 Å². The van der Waals surface area contributed by atoms with Crippen LogP contribution in [0.1, 0.15) is 5.82 Å². The van der Waals surface area contributed by atoms with Crippen LogP contribution in [0.15, 0.2) is 30.3 Å². The molecule has 0 aliphatic rings. The summed E-state index contributed by atoms with van der Waals surface area (Å²) in [6, 6.07) is 8.70. The molecule has 7 heteroatoms. The van der Waals surface area contributed by atoms with Gasteiger partial charge < -0.3 is 16.2 Å². The first-order chi connectivity index (χ1) is 8.15. The van der Waals surface area contributed by atoms with Crippen LogP contribution < -0.4 is 11.1 Å². The summed E-state index contributed by atoms with van der Waals surface area (Å²) in [5, 5.41) is 19.3. The second-order valence-corrected chi connectivity index (χ2v) is 3.19. The van der Waals surface area contributed by atoms with Gasteiger partial charge in [0, 0.05) is 5.69 Å². The van der Waals surface area contributed by atoms with Crippen molar-refractivity contribution in [2.45, 2.75) is 0 Å². The third kappa shape index (κ3) is 2.65. The maximum atomic E-state index is 9.27. The molecule has 0 amide bonds. The Bertz CT molecular complexity index is 542. The molecule has 86 valence electrons. The summed E-state index contributed by atoms with van der Waals surface area (Å²) in [5.74, 6) is -0.274. The van der Waals surface area contributed by atoms with Crippen LogP contribution in [-0.2, 0) is 0 Å². The number of aromatic hydroxyl groups is 1. The minimum atomic E-state index is -0.483. The molecule has 5 N–H and O–H groups in total. The number of anilines is 2. The van der Waals surface area contributed by atoms with E-state index in [0.717, 1.165) is 5.69 Å². The van der Waals surface area contributed by atoms with Gasteiger partial charge in [0.1, 0.15) is 0 Å². The summed E-state index contributed by atoms with van der Waals surface area (Å²) < 4.78 is 0. The van der Waals surface area contributed by atoms with E-state index in [4.69, 9.17) is 11.1 Å². The van der Waals surface area contributed by atoms with Crippen LogP contribution in [0.3, 0.4) is 0 Å². The van der Waals surface area contributed by atoms with Crippen molar-refractivity contribution in [3.63, 3.8) is 0 Å². The Balaban J connectivity index is 2.30. The average Bonchev–Trinajstić information content (AvgIpc) is 2.29. The molecule has 0 spiro atoms. The SMILES string of the molecule is N=C(N)c1nc(O)nc(Nc2ccccc2)n1. The van der Waals surface area contributed by atoms with Crippen molar-refractivity contribution in [2.75, 3.05) is 5.32 Å². The monoisotopic (exact) mass is 230 g/mol. The number of nitrogens with one attached hydrogen (secondary N) is 2. The highest BCUT2D eigenvalue weighted by Crippen LogP contribution is 2.13. The molecule has 0 radical (unpaired) electrons. The van der Waals surface area contributed by atoms with E-state index in [1.807, 2.05) is 30.3 Å². The number of hydrogen-bond donors (Lipinski definition) is 4. The molecular weight excluding hydrogens is 220 g/mol. The van der Waals surface area contributed by atoms with Crippen LogP contribution in [0.4, 0.5) is 11.6 Å². The zero-order valence-electron chi connectivity index (χ0n) is 8.75. The molecule has 0 fully saturated rings. The highest BCUT2D eigenvalue weighted by molar-refractivity contribution is 5.91. The van der Waals surface area contributed by atoms with Gasteiger partial charge in [0.25, 0.3) is 0 Å². The van der Waals surface area contributed by atoms with E-state index in [0.29, 0.717) is 0 Å². The fourth-order valence-corrected chi connectivity index (χ4v) is 1.19. The number of nitrogens with two attached hydrogens (primary N) is 1. The molecule has 0 unspecified atom stereocenters. The molecule has 2 rings (SSSR count). The van der Waals surface area contributed by atoms with Gasteiger partial charge in [-0.3, -0.25) is 5.41 Å².